The van der Waals surface area contributed by atoms with Crippen molar-refractivity contribution in [2.45, 2.75) is 17.9 Å². The van der Waals surface area contributed by atoms with Crippen LogP contribution in [0.1, 0.15) is 6.92 Å². The van der Waals surface area contributed by atoms with Crippen LogP contribution in [0.2, 0.25) is 5.02 Å². The standard InChI is InChI=1S/C20H20ClN3O5S2/c1-13(29-15-4-2-3-14(21)11-15)19(25)23-7-9-24(10-8-23)31(27,28)16-5-6-17-18(12-16)30-20(26)22-17/h2-6,11-13H,7-10H2,1H3,(H,22,26)/t13-/m0/s1. The molecule has 1 aliphatic heterocycles. The number of fused-ring (bicyclic) bond motifs is 1. The molecular weight excluding hydrogens is 462 g/mol. The maximum atomic E-state index is 13.0. The molecule has 1 aliphatic rings. The summed E-state index contributed by atoms with van der Waals surface area (Å²) in [5.41, 5.74) is 0.609. The molecule has 1 atom stereocenters. The first-order valence-corrected chi connectivity index (χ1v) is 12.2. The second-order valence-electron chi connectivity index (χ2n) is 7.12. The quantitative estimate of drug-likeness (QED) is 0.603. The summed E-state index contributed by atoms with van der Waals surface area (Å²) in [6, 6.07) is 11.4. The zero-order valence-electron chi connectivity index (χ0n) is 16.6. The molecule has 1 saturated heterocycles. The lowest BCUT2D eigenvalue weighted by Gasteiger charge is -2.35. The van der Waals surface area contributed by atoms with Crippen molar-refractivity contribution in [1.82, 2.24) is 14.2 Å². The van der Waals surface area contributed by atoms with Gasteiger partial charge in [-0.25, -0.2) is 8.42 Å². The molecule has 4 rings (SSSR count). The Morgan fingerprint density at radius 1 is 1.16 bits per heavy atom. The molecule has 2 heterocycles. The second kappa shape index (κ2) is 8.62. The summed E-state index contributed by atoms with van der Waals surface area (Å²) in [6.45, 7) is 2.55. The number of sulfonamides is 1. The minimum Gasteiger partial charge on any atom is -0.481 e. The number of hydrogen-bond acceptors (Lipinski definition) is 6. The van der Waals surface area contributed by atoms with Crippen molar-refractivity contribution < 1.29 is 17.9 Å². The van der Waals surface area contributed by atoms with E-state index in [9.17, 15) is 18.0 Å². The lowest BCUT2D eigenvalue weighted by atomic mass is 10.2. The number of aromatic amines is 1. The number of H-pyrrole nitrogens is 1. The highest BCUT2D eigenvalue weighted by molar-refractivity contribution is 7.89. The van der Waals surface area contributed by atoms with Gasteiger partial charge < -0.3 is 14.6 Å². The van der Waals surface area contributed by atoms with Gasteiger partial charge in [0.2, 0.25) is 10.0 Å². The van der Waals surface area contributed by atoms with Crippen molar-refractivity contribution >= 4 is 49.1 Å². The molecule has 3 aromatic rings. The number of nitrogens with zero attached hydrogens (tertiary/aromatic N) is 2. The molecule has 0 saturated carbocycles. The molecule has 1 N–H and O–H groups in total. The fourth-order valence-corrected chi connectivity index (χ4v) is 5.92. The number of rotatable bonds is 5. The summed E-state index contributed by atoms with van der Waals surface area (Å²) in [5, 5.41) is 0.515. The number of thiazole rings is 1. The summed E-state index contributed by atoms with van der Waals surface area (Å²) in [7, 11) is -3.73. The Bertz CT molecular complexity index is 1280. The second-order valence-corrected chi connectivity index (χ2v) is 10.5. The van der Waals surface area contributed by atoms with E-state index in [2.05, 4.69) is 4.98 Å². The maximum Gasteiger partial charge on any atom is 0.305 e. The van der Waals surface area contributed by atoms with E-state index < -0.39 is 16.1 Å². The van der Waals surface area contributed by atoms with Gasteiger partial charge in [-0.05, 0) is 43.3 Å². The van der Waals surface area contributed by atoms with E-state index in [4.69, 9.17) is 16.3 Å². The zero-order valence-corrected chi connectivity index (χ0v) is 19.0. The van der Waals surface area contributed by atoms with Crippen molar-refractivity contribution in [1.29, 1.82) is 0 Å². The summed E-state index contributed by atoms with van der Waals surface area (Å²) >= 11 is 6.91. The Balaban J connectivity index is 1.41. The first-order chi connectivity index (χ1) is 14.7. The Hall–Kier alpha value is -2.40. The Labute approximate surface area is 188 Å². The van der Waals surface area contributed by atoms with Crippen LogP contribution in [-0.2, 0) is 14.8 Å². The van der Waals surface area contributed by atoms with Crippen molar-refractivity contribution in [2.24, 2.45) is 0 Å². The highest BCUT2D eigenvalue weighted by Gasteiger charge is 2.32. The van der Waals surface area contributed by atoms with Gasteiger partial charge >= 0.3 is 4.87 Å². The normalized spacial score (nSPS) is 16.4. The topological polar surface area (TPSA) is 99.8 Å². The molecule has 8 nitrogen and oxygen atoms in total. The van der Waals surface area contributed by atoms with Gasteiger partial charge in [0, 0.05) is 31.2 Å². The number of amides is 1. The molecule has 1 amide bonds. The third-order valence-electron chi connectivity index (χ3n) is 5.04. The predicted molar refractivity (Wildman–Crippen MR) is 119 cm³/mol. The van der Waals surface area contributed by atoms with E-state index in [-0.39, 0.29) is 41.9 Å². The Kier molecular flexibility index (Phi) is 6.07. The number of piperazine rings is 1. The number of aromatic nitrogens is 1. The molecule has 1 fully saturated rings. The van der Waals surface area contributed by atoms with Crippen molar-refractivity contribution in [3.63, 3.8) is 0 Å². The van der Waals surface area contributed by atoms with Crippen LogP contribution in [0, 0.1) is 0 Å². The molecule has 1 aromatic heterocycles. The Morgan fingerprint density at radius 2 is 1.90 bits per heavy atom. The average molecular weight is 482 g/mol. The van der Waals surface area contributed by atoms with E-state index in [1.165, 1.54) is 16.4 Å². The third-order valence-corrected chi connectivity index (χ3v) is 8.01. The first-order valence-electron chi connectivity index (χ1n) is 9.58. The van der Waals surface area contributed by atoms with Gasteiger partial charge in [-0.2, -0.15) is 4.31 Å². The van der Waals surface area contributed by atoms with Crippen LogP contribution in [0.5, 0.6) is 5.75 Å². The summed E-state index contributed by atoms with van der Waals surface area (Å²) in [4.78, 5) is 28.4. The van der Waals surface area contributed by atoms with Crippen molar-refractivity contribution in [3.05, 3.63) is 57.2 Å². The van der Waals surface area contributed by atoms with Gasteiger partial charge in [-0.3, -0.25) is 9.59 Å². The highest BCUT2D eigenvalue weighted by atomic mass is 35.5. The maximum absolute atomic E-state index is 13.0. The molecule has 164 valence electrons. The van der Waals surface area contributed by atoms with E-state index in [1.807, 2.05) is 0 Å². The van der Waals surface area contributed by atoms with Crippen LogP contribution < -0.4 is 9.61 Å². The number of halogens is 1. The van der Waals surface area contributed by atoms with Crippen LogP contribution in [0.4, 0.5) is 0 Å². The van der Waals surface area contributed by atoms with Crippen LogP contribution in [0.3, 0.4) is 0 Å². The van der Waals surface area contributed by atoms with E-state index in [0.717, 1.165) is 11.3 Å². The molecule has 0 aliphatic carbocycles. The summed E-state index contributed by atoms with van der Waals surface area (Å²) in [5.74, 6) is 0.285. The molecule has 2 aromatic carbocycles. The SMILES string of the molecule is C[C@H](Oc1cccc(Cl)c1)C(=O)N1CCN(S(=O)(=O)c2ccc3[nH]c(=O)sc3c2)CC1. The highest BCUT2D eigenvalue weighted by Crippen LogP contribution is 2.24. The summed E-state index contributed by atoms with van der Waals surface area (Å²) in [6.07, 6.45) is -0.722. The number of carbonyl (C=O) groups is 1. The molecular formula is C20H20ClN3O5S2. The fourth-order valence-electron chi connectivity index (χ4n) is 3.44. The van der Waals surface area contributed by atoms with E-state index in [1.54, 1.807) is 42.2 Å². The van der Waals surface area contributed by atoms with Crippen LogP contribution in [-0.4, -0.2) is 60.8 Å². The molecule has 0 radical (unpaired) electrons. The van der Waals surface area contributed by atoms with Gasteiger partial charge in [-0.15, -0.1) is 0 Å². The number of carbonyl (C=O) groups excluding carboxylic acids is 1. The van der Waals surface area contributed by atoms with Gasteiger partial charge in [0.1, 0.15) is 5.75 Å². The number of ether oxygens (including phenoxy) is 1. The van der Waals surface area contributed by atoms with E-state index in [0.29, 0.717) is 21.0 Å². The number of nitrogens with one attached hydrogen (secondary N) is 1. The Morgan fingerprint density at radius 3 is 2.61 bits per heavy atom. The number of benzene rings is 2. The minimum absolute atomic E-state index is 0.132. The van der Waals surface area contributed by atoms with Gasteiger partial charge in [0.25, 0.3) is 5.91 Å². The van der Waals surface area contributed by atoms with Crippen LogP contribution in [0.15, 0.2) is 52.2 Å². The lowest BCUT2D eigenvalue weighted by Crippen LogP contribution is -2.53. The predicted octanol–water partition coefficient (Wildman–Crippen LogP) is 2.54. The average Bonchev–Trinajstić information content (AvgIpc) is 3.12. The van der Waals surface area contributed by atoms with Crippen LogP contribution >= 0.6 is 22.9 Å². The van der Waals surface area contributed by atoms with Gasteiger partial charge in [0.05, 0.1) is 15.1 Å². The van der Waals surface area contributed by atoms with Crippen LogP contribution in [0.25, 0.3) is 10.2 Å². The monoisotopic (exact) mass is 481 g/mol. The first kappa shape index (κ1) is 21.8. The van der Waals surface area contributed by atoms with Crippen molar-refractivity contribution in [2.75, 3.05) is 26.2 Å². The van der Waals surface area contributed by atoms with Gasteiger partial charge in [-0.1, -0.05) is 29.0 Å². The summed E-state index contributed by atoms with van der Waals surface area (Å²) < 4.78 is 33.7. The molecule has 0 unspecified atom stereocenters. The third kappa shape index (κ3) is 4.62. The number of hydrogen-bond donors (Lipinski definition) is 1. The smallest absolute Gasteiger partial charge is 0.305 e. The zero-order chi connectivity index (χ0) is 22.2. The molecule has 31 heavy (non-hydrogen) atoms. The molecule has 11 heteroatoms. The van der Waals surface area contributed by atoms with Gasteiger partial charge in [0.15, 0.2) is 6.10 Å². The minimum atomic E-state index is -3.73. The molecule has 0 bridgehead atoms. The van der Waals surface area contributed by atoms with E-state index >= 15 is 0 Å². The largest absolute Gasteiger partial charge is 0.481 e. The lowest BCUT2D eigenvalue weighted by molar-refractivity contribution is -0.139. The van der Waals surface area contributed by atoms with Crippen molar-refractivity contribution in [3.8, 4) is 5.75 Å². The fraction of sp³-hybridized carbons (Fsp3) is 0.300. The molecule has 0 spiro atoms.